The molecule has 2 rings (SSSR count). The van der Waals surface area contributed by atoms with Gasteiger partial charge in [-0.1, -0.05) is 6.07 Å². The summed E-state index contributed by atoms with van der Waals surface area (Å²) in [6, 6.07) is 4.17. The predicted octanol–water partition coefficient (Wildman–Crippen LogP) is 2.86. The minimum absolute atomic E-state index is 0. The highest BCUT2D eigenvalue weighted by molar-refractivity contribution is 14.0. The van der Waals surface area contributed by atoms with Crippen molar-refractivity contribution in [3.05, 3.63) is 35.1 Å². The van der Waals surface area contributed by atoms with Crippen molar-refractivity contribution in [2.24, 2.45) is 10.4 Å². The van der Waals surface area contributed by atoms with Crippen LogP contribution in [-0.4, -0.2) is 47.4 Å². The maximum atomic E-state index is 13.6. The van der Waals surface area contributed by atoms with E-state index in [1.165, 1.54) is 37.3 Å². The highest BCUT2D eigenvalue weighted by Crippen LogP contribution is 2.48. The number of guanidine groups is 1. The Morgan fingerprint density at radius 3 is 2.57 bits per heavy atom. The summed E-state index contributed by atoms with van der Waals surface area (Å²) in [5.41, 5.74) is 1.48. The number of benzene rings is 1. The lowest BCUT2D eigenvalue weighted by molar-refractivity contribution is 0.128. The van der Waals surface area contributed by atoms with Crippen LogP contribution in [0.3, 0.4) is 0 Å². The molecular weight excluding hydrogens is 496 g/mol. The first kappa shape index (κ1) is 25.1. The van der Waals surface area contributed by atoms with Crippen LogP contribution >= 0.6 is 24.0 Å². The lowest BCUT2D eigenvalue weighted by atomic mass is 10.0. The fourth-order valence-electron chi connectivity index (χ4n) is 2.98. The van der Waals surface area contributed by atoms with Gasteiger partial charge in [0, 0.05) is 39.6 Å². The van der Waals surface area contributed by atoms with Crippen LogP contribution in [0.2, 0.25) is 0 Å². The first-order valence-corrected chi connectivity index (χ1v) is 11.3. The zero-order chi connectivity index (χ0) is 19.9. The van der Waals surface area contributed by atoms with Gasteiger partial charge in [0.1, 0.15) is 5.82 Å². The second kappa shape index (κ2) is 11.3. The molecule has 0 aromatic heterocycles. The van der Waals surface area contributed by atoms with Gasteiger partial charge in [0.05, 0.1) is 5.75 Å². The summed E-state index contributed by atoms with van der Waals surface area (Å²) in [6.45, 7) is 4.60. The zero-order valence-electron chi connectivity index (χ0n) is 16.8. The second-order valence-corrected chi connectivity index (χ2v) is 9.35. The van der Waals surface area contributed by atoms with E-state index in [0.29, 0.717) is 23.6 Å². The van der Waals surface area contributed by atoms with Gasteiger partial charge in [0.2, 0.25) is 0 Å². The number of aliphatic imine (C=N–C) groups is 1. The monoisotopic (exact) mass is 527 g/mol. The molecule has 1 saturated carbocycles. The van der Waals surface area contributed by atoms with Crippen molar-refractivity contribution in [2.75, 3.05) is 33.1 Å². The van der Waals surface area contributed by atoms with Gasteiger partial charge in [-0.2, -0.15) is 0 Å². The van der Waals surface area contributed by atoms with E-state index in [2.05, 4.69) is 15.6 Å². The third-order valence-corrected chi connectivity index (χ3v) is 5.66. The van der Waals surface area contributed by atoms with Gasteiger partial charge in [-0.05, 0) is 54.9 Å². The van der Waals surface area contributed by atoms with Crippen molar-refractivity contribution in [3.8, 4) is 0 Å². The third-order valence-electron chi connectivity index (χ3n) is 4.82. The Balaban J connectivity index is 0.00000392. The highest BCUT2D eigenvalue weighted by atomic mass is 127. The average molecular weight is 527 g/mol. The van der Waals surface area contributed by atoms with Gasteiger partial charge >= 0.3 is 0 Å². The molecule has 160 valence electrons. The molecule has 1 aromatic rings. The van der Waals surface area contributed by atoms with Crippen LogP contribution in [0.15, 0.2) is 23.2 Å². The minimum Gasteiger partial charge on any atom is -0.382 e. The number of sulfone groups is 1. The summed E-state index contributed by atoms with van der Waals surface area (Å²) in [6.07, 6.45) is 4.54. The van der Waals surface area contributed by atoms with Crippen molar-refractivity contribution in [1.29, 1.82) is 0 Å². The zero-order valence-corrected chi connectivity index (χ0v) is 19.9. The van der Waals surface area contributed by atoms with Gasteiger partial charge < -0.3 is 15.4 Å². The van der Waals surface area contributed by atoms with E-state index in [0.717, 1.165) is 26.2 Å². The number of hydrogen-bond acceptors (Lipinski definition) is 4. The fourth-order valence-corrected chi connectivity index (χ4v) is 3.82. The topological polar surface area (TPSA) is 79.8 Å². The van der Waals surface area contributed by atoms with Gasteiger partial charge in [0.25, 0.3) is 0 Å². The maximum Gasteiger partial charge on any atom is 0.191 e. The summed E-state index contributed by atoms with van der Waals surface area (Å²) in [5.74, 6) is 0.115. The van der Waals surface area contributed by atoms with E-state index in [1.54, 1.807) is 7.05 Å². The molecule has 0 spiro atoms. The Morgan fingerprint density at radius 1 is 1.29 bits per heavy atom. The first-order chi connectivity index (χ1) is 12.8. The molecular formula is C19H31FIN3O3S. The summed E-state index contributed by atoms with van der Waals surface area (Å²) >= 11 is 0. The molecule has 1 aliphatic rings. The summed E-state index contributed by atoms with van der Waals surface area (Å²) in [7, 11) is -1.52. The largest absolute Gasteiger partial charge is 0.382 e. The van der Waals surface area contributed by atoms with Gasteiger partial charge in [-0.3, -0.25) is 4.99 Å². The number of ether oxygens (including phenoxy) is 1. The highest BCUT2D eigenvalue weighted by Gasteiger charge is 2.41. The van der Waals surface area contributed by atoms with E-state index in [1.807, 2.05) is 6.92 Å². The van der Waals surface area contributed by atoms with Crippen molar-refractivity contribution < 1.29 is 17.5 Å². The fraction of sp³-hybridized carbons (Fsp3) is 0.632. The van der Waals surface area contributed by atoms with Crippen LogP contribution in [0.5, 0.6) is 0 Å². The smallest absolute Gasteiger partial charge is 0.191 e. The van der Waals surface area contributed by atoms with Crippen molar-refractivity contribution in [3.63, 3.8) is 0 Å². The lowest BCUT2D eigenvalue weighted by Crippen LogP contribution is -2.40. The molecule has 28 heavy (non-hydrogen) atoms. The van der Waals surface area contributed by atoms with E-state index in [4.69, 9.17) is 4.74 Å². The standard InChI is InChI=1S/C19H30FN3O3S.HI/c1-4-26-10-9-19(7-8-19)14-23-18(21-2)22-12-16-11-17(20)6-5-15(16)13-27(3,24)25;/h5-6,11H,4,7-10,12-14H2,1-3H3,(H2,21,22,23);1H. The SMILES string of the molecule is CCOCCC1(CNC(=NC)NCc2cc(F)ccc2CS(C)(=O)=O)CC1.I. The third kappa shape index (κ3) is 8.60. The molecule has 0 bridgehead atoms. The number of rotatable bonds is 10. The van der Waals surface area contributed by atoms with E-state index >= 15 is 0 Å². The molecule has 1 fully saturated rings. The molecule has 6 nitrogen and oxygen atoms in total. The molecule has 1 aliphatic carbocycles. The lowest BCUT2D eigenvalue weighted by Gasteiger charge is -2.19. The summed E-state index contributed by atoms with van der Waals surface area (Å²) < 4.78 is 42.3. The quantitative estimate of drug-likeness (QED) is 0.212. The minimum atomic E-state index is -3.20. The Hall–Kier alpha value is -0.940. The molecule has 0 radical (unpaired) electrons. The Bertz CT molecular complexity index is 768. The van der Waals surface area contributed by atoms with E-state index in [9.17, 15) is 12.8 Å². The van der Waals surface area contributed by atoms with Crippen LogP contribution in [-0.2, 0) is 26.9 Å². The average Bonchev–Trinajstić information content (AvgIpc) is 3.36. The van der Waals surface area contributed by atoms with E-state index in [-0.39, 0.29) is 41.0 Å². The van der Waals surface area contributed by atoms with Crippen molar-refractivity contribution in [2.45, 2.75) is 38.5 Å². The molecule has 0 amide bonds. The van der Waals surface area contributed by atoms with Crippen LogP contribution in [0.4, 0.5) is 4.39 Å². The Kier molecular flexibility index (Phi) is 10.1. The van der Waals surface area contributed by atoms with Crippen molar-refractivity contribution >= 4 is 39.8 Å². The van der Waals surface area contributed by atoms with Gasteiger partial charge in [-0.25, -0.2) is 12.8 Å². The number of halogens is 2. The number of hydrogen-bond donors (Lipinski definition) is 2. The number of nitrogens with zero attached hydrogens (tertiary/aromatic N) is 1. The summed E-state index contributed by atoms with van der Waals surface area (Å²) in [4.78, 5) is 4.21. The van der Waals surface area contributed by atoms with Crippen molar-refractivity contribution in [1.82, 2.24) is 10.6 Å². The molecule has 0 unspecified atom stereocenters. The van der Waals surface area contributed by atoms with Crippen LogP contribution in [0.25, 0.3) is 0 Å². The molecule has 0 heterocycles. The van der Waals surface area contributed by atoms with Gasteiger partial charge in [0.15, 0.2) is 15.8 Å². The predicted molar refractivity (Wildman–Crippen MR) is 121 cm³/mol. The molecule has 0 saturated heterocycles. The van der Waals surface area contributed by atoms with Gasteiger partial charge in [-0.15, -0.1) is 24.0 Å². The molecule has 0 atom stereocenters. The molecule has 2 N–H and O–H groups in total. The molecule has 9 heteroatoms. The Labute approximate surface area is 184 Å². The molecule has 1 aromatic carbocycles. The molecule has 0 aliphatic heterocycles. The summed E-state index contributed by atoms with van der Waals surface area (Å²) in [5, 5.41) is 6.48. The maximum absolute atomic E-state index is 13.6. The van der Waals surface area contributed by atoms with E-state index < -0.39 is 9.84 Å². The first-order valence-electron chi connectivity index (χ1n) is 9.24. The Morgan fingerprint density at radius 2 is 2.00 bits per heavy atom. The number of nitrogens with one attached hydrogen (secondary N) is 2. The van der Waals surface area contributed by atoms with Crippen LogP contribution < -0.4 is 10.6 Å². The normalized spacial score (nSPS) is 15.6. The van der Waals surface area contributed by atoms with Crippen LogP contribution in [0, 0.1) is 11.2 Å². The second-order valence-electron chi connectivity index (χ2n) is 7.21. The van der Waals surface area contributed by atoms with Crippen LogP contribution in [0.1, 0.15) is 37.3 Å².